The van der Waals surface area contributed by atoms with Gasteiger partial charge in [-0.1, -0.05) is 12.1 Å². The predicted octanol–water partition coefficient (Wildman–Crippen LogP) is 3.93. The summed E-state index contributed by atoms with van der Waals surface area (Å²) in [6.45, 7) is 3.60. The van der Waals surface area contributed by atoms with Gasteiger partial charge in [0.2, 0.25) is 0 Å². The predicted molar refractivity (Wildman–Crippen MR) is 69.3 cm³/mol. The highest BCUT2D eigenvalue weighted by atomic mass is 19.1. The number of hydrogen-bond acceptors (Lipinski definition) is 2. The van der Waals surface area contributed by atoms with Crippen LogP contribution in [0.5, 0.6) is 11.5 Å². The highest BCUT2D eigenvalue weighted by Crippen LogP contribution is 2.29. The lowest BCUT2D eigenvalue weighted by atomic mass is 10.1. The first kappa shape index (κ1) is 13.1. The zero-order valence-electron chi connectivity index (χ0n) is 10.6. The molecule has 0 amide bonds. The third-order valence-electron chi connectivity index (χ3n) is 2.81. The fourth-order valence-corrected chi connectivity index (χ4v) is 1.65. The van der Waals surface area contributed by atoms with Gasteiger partial charge in [-0.2, -0.15) is 0 Å². The van der Waals surface area contributed by atoms with Crippen LogP contribution in [0.25, 0.3) is 0 Å². The summed E-state index contributed by atoms with van der Waals surface area (Å²) in [5.41, 5.74) is 1.70. The summed E-state index contributed by atoms with van der Waals surface area (Å²) in [6, 6.07) is 8.84. The van der Waals surface area contributed by atoms with Crippen LogP contribution in [0.3, 0.4) is 0 Å². The number of aromatic carboxylic acids is 1. The molecule has 0 heterocycles. The average molecular weight is 260 g/mol. The Morgan fingerprint density at radius 2 is 1.63 bits per heavy atom. The lowest BCUT2D eigenvalue weighted by molar-refractivity contribution is 0.0696. The molecule has 0 aliphatic heterocycles. The maximum Gasteiger partial charge on any atom is 0.335 e. The fraction of sp³-hybridized carbons (Fsp3) is 0.133. The van der Waals surface area contributed by atoms with Gasteiger partial charge < -0.3 is 9.84 Å². The minimum Gasteiger partial charge on any atom is -0.478 e. The van der Waals surface area contributed by atoms with E-state index in [4.69, 9.17) is 9.84 Å². The number of hydrogen-bond donors (Lipinski definition) is 1. The molecule has 0 radical (unpaired) electrons. The van der Waals surface area contributed by atoms with Crippen molar-refractivity contribution < 1.29 is 19.0 Å². The highest BCUT2D eigenvalue weighted by Gasteiger charge is 2.09. The molecule has 0 saturated heterocycles. The minimum atomic E-state index is -1.03. The van der Waals surface area contributed by atoms with Crippen molar-refractivity contribution in [2.45, 2.75) is 13.8 Å². The Morgan fingerprint density at radius 1 is 1.05 bits per heavy atom. The summed E-state index contributed by atoms with van der Waals surface area (Å²) in [5.74, 6) is -0.632. The van der Waals surface area contributed by atoms with E-state index in [1.807, 2.05) is 0 Å². The van der Waals surface area contributed by atoms with E-state index in [-0.39, 0.29) is 5.56 Å². The molecular formula is C15H13FO3. The molecule has 0 aliphatic carbocycles. The van der Waals surface area contributed by atoms with E-state index in [2.05, 4.69) is 0 Å². The van der Waals surface area contributed by atoms with E-state index in [0.717, 1.165) is 11.1 Å². The summed E-state index contributed by atoms with van der Waals surface area (Å²) in [4.78, 5) is 10.9. The Labute approximate surface area is 110 Å². The first-order valence-corrected chi connectivity index (χ1v) is 5.75. The quantitative estimate of drug-likeness (QED) is 0.909. The van der Waals surface area contributed by atoms with Crippen molar-refractivity contribution in [3.05, 3.63) is 58.9 Å². The van der Waals surface area contributed by atoms with Gasteiger partial charge in [0.25, 0.3) is 0 Å². The van der Waals surface area contributed by atoms with Crippen molar-refractivity contribution in [2.24, 2.45) is 0 Å². The van der Waals surface area contributed by atoms with Gasteiger partial charge in [0.05, 0.1) is 5.56 Å². The van der Waals surface area contributed by atoms with Crippen LogP contribution >= 0.6 is 0 Å². The van der Waals surface area contributed by atoms with Gasteiger partial charge in [0.15, 0.2) is 0 Å². The molecule has 2 aromatic rings. The molecule has 0 bridgehead atoms. The Kier molecular flexibility index (Phi) is 3.51. The van der Waals surface area contributed by atoms with Crippen molar-refractivity contribution >= 4 is 5.97 Å². The Morgan fingerprint density at radius 3 is 2.26 bits per heavy atom. The molecule has 0 aromatic heterocycles. The van der Waals surface area contributed by atoms with Crippen LogP contribution in [0, 0.1) is 19.7 Å². The standard InChI is InChI=1S/C15H13FO3/c1-9-3-5-11(15(17)18)7-13(9)19-14-8-12(16)6-4-10(14)2/h3-8H,1-2H3,(H,17,18). The van der Waals surface area contributed by atoms with Gasteiger partial charge in [-0.05, 0) is 43.2 Å². The zero-order valence-corrected chi connectivity index (χ0v) is 10.6. The van der Waals surface area contributed by atoms with Crippen LogP contribution in [0.2, 0.25) is 0 Å². The maximum absolute atomic E-state index is 13.2. The summed E-state index contributed by atoms with van der Waals surface area (Å²) in [7, 11) is 0. The van der Waals surface area contributed by atoms with Gasteiger partial charge in [0, 0.05) is 6.07 Å². The van der Waals surface area contributed by atoms with Gasteiger partial charge in [0.1, 0.15) is 17.3 Å². The van der Waals surface area contributed by atoms with Crippen molar-refractivity contribution in [1.82, 2.24) is 0 Å². The van der Waals surface area contributed by atoms with E-state index in [0.29, 0.717) is 11.5 Å². The molecule has 19 heavy (non-hydrogen) atoms. The third kappa shape index (κ3) is 2.91. The Balaban J connectivity index is 2.40. The monoisotopic (exact) mass is 260 g/mol. The second kappa shape index (κ2) is 5.10. The number of carbonyl (C=O) groups is 1. The number of ether oxygens (including phenoxy) is 1. The average Bonchev–Trinajstić information content (AvgIpc) is 2.36. The zero-order chi connectivity index (χ0) is 14.0. The number of aryl methyl sites for hydroxylation is 2. The molecule has 0 atom stereocenters. The van der Waals surface area contributed by atoms with Crippen molar-refractivity contribution in [3.8, 4) is 11.5 Å². The van der Waals surface area contributed by atoms with Crippen LogP contribution in [-0.2, 0) is 0 Å². The van der Waals surface area contributed by atoms with E-state index in [1.165, 1.54) is 24.3 Å². The Hall–Kier alpha value is -2.36. The van der Waals surface area contributed by atoms with Crippen molar-refractivity contribution in [1.29, 1.82) is 0 Å². The van der Waals surface area contributed by atoms with Crippen LogP contribution in [0.1, 0.15) is 21.5 Å². The second-order valence-electron chi connectivity index (χ2n) is 4.30. The number of carboxylic acid groups (broad SMARTS) is 1. The van der Waals surface area contributed by atoms with Gasteiger partial charge in [-0.3, -0.25) is 0 Å². The van der Waals surface area contributed by atoms with Crippen LogP contribution in [0.4, 0.5) is 4.39 Å². The van der Waals surface area contributed by atoms with Gasteiger partial charge in [-0.25, -0.2) is 9.18 Å². The van der Waals surface area contributed by atoms with E-state index in [9.17, 15) is 9.18 Å². The fourth-order valence-electron chi connectivity index (χ4n) is 1.65. The number of halogens is 1. The number of benzene rings is 2. The van der Waals surface area contributed by atoms with Crippen LogP contribution in [0.15, 0.2) is 36.4 Å². The molecule has 0 fully saturated rings. The molecule has 3 nitrogen and oxygen atoms in total. The van der Waals surface area contributed by atoms with Crippen LogP contribution in [-0.4, -0.2) is 11.1 Å². The summed E-state index contributed by atoms with van der Waals surface area (Å²) >= 11 is 0. The van der Waals surface area contributed by atoms with Crippen molar-refractivity contribution in [3.63, 3.8) is 0 Å². The normalized spacial score (nSPS) is 10.3. The topological polar surface area (TPSA) is 46.5 Å². The SMILES string of the molecule is Cc1ccc(F)cc1Oc1cc(C(=O)O)ccc1C. The highest BCUT2D eigenvalue weighted by molar-refractivity contribution is 5.88. The lowest BCUT2D eigenvalue weighted by Gasteiger charge is -2.11. The summed E-state index contributed by atoms with van der Waals surface area (Å²) in [5, 5.41) is 8.95. The lowest BCUT2D eigenvalue weighted by Crippen LogP contribution is -1.98. The molecule has 98 valence electrons. The molecule has 0 saturated carbocycles. The largest absolute Gasteiger partial charge is 0.478 e. The maximum atomic E-state index is 13.2. The summed E-state index contributed by atoms with van der Waals surface area (Å²) in [6.07, 6.45) is 0. The van der Waals surface area contributed by atoms with E-state index >= 15 is 0 Å². The first-order chi connectivity index (χ1) is 8.97. The smallest absolute Gasteiger partial charge is 0.335 e. The van der Waals surface area contributed by atoms with E-state index < -0.39 is 11.8 Å². The molecular weight excluding hydrogens is 247 g/mol. The number of carboxylic acids is 1. The Bertz CT molecular complexity index is 635. The second-order valence-corrected chi connectivity index (χ2v) is 4.30. The number of rotatable bonds is 3. The first-order valence-electron chi connectivity index (χ1n) is 5.75. The third-order valence-corrected chi connectivity index (χ3v) is 2.81. The van der Waals surface area contributed by atoms with Crippen molar-refractivity contribution in [2.75, 3.05) is 0 Å². The molecule has 2 rings (SSSR count). The minimum absolute atomic E-state index is 0.134. The molecule has 0 unspecified atom stereocenters. The molecule has 4 heteroatoms. The molecule has 2 aromatic carbocycles. The molecule has 1 N–H and O–H groups in total. The van der Waals surface area contributed by atoms with Gasteiger partial charge in [-0.15, -0.1) is 0 Å². The molecule has 0 aliphatic rings. The van der Waals surface area contributed by atoms with Crippen LogP contribution < -0.4 is 4.74 Å². The summed E-state index contributed by atoms with van der Waals surface area (Å²) < 4.78 is 18.8. The van der Waals surface area contributed by atoms with Gasteiger partial charge >= 0.3 is 5.97 Å². The molecule has 0 spiro atoms. The van der Waals surface area contributed by atoms with E-state index in [1.54, 1.807) is 26.0 Å².